The molecule has 0 spiro atoms. The minimum Gasteiger partial charge on any atom is -0.358 e. The van der Waals surface area contributed by atoms with Gasteiger partial charge in [-0.2, -0.15) is 4.31 Å². The van der Waals surface area contributed by atoms with Crippen LogP contribution in [0, 0.1) is 0 Å². The van der Waals surface area contributed by atoms with Crippen molar-refractivity contribution >= 4 is 38.2 Å². The van der Waals surface area contributed by atoms with Crippen molar-refractivity contribution in [2.24, 2.45) is 0 Å². The fourth-order valence-electron chi connectivity index (χ4n) is 4.95. The summed E-state index contributed by atoms with van der Waals surface area (Å²) in [5.41, 5.74) is 5.57. The number of H-pyrrole nitrogens is 1. The standard InChI is InChI=1S/C25H23N3O3S2/c29-25(27-12-10-22-20(16-27)19-7-3-4-8-21(19)26-22)24-23(11-14-32-24)33(30,31)28-13-9-17-5-1-2-6-18(17)15-28/h1-8,11,14,26H,9-10,12-13,15-16H2. The third-order valence-corrected chi connectivity index (χ3v) is 9.63. The SMILES string of the molecule is O=C(c1sccc1S(=O)(=O)N1CCc2ccccc2C1)N1CCc2[nH]c3ccccc3c2C1. The van der Waals surface area contributed by atoms with E-state index in [4.69, 9.17) is 0 Å². The molecule has 1 N–H and O–H groups in total. The first-order chi connectivity index (χ1) is 16.0. The average Bonchev–Trinajstić information content (AvgIpc) is 3.48. The van der Waals surface area contributed by atoms with Gasteiger partial charge in [-0.05, 0) is 35.1 Å². The predicted octanol–water partition coefficient (Wildman–Crippen LogP) is 4.17. The fourth-order valence-corrected chi connectivity index (χ4v) is 7.74. The van der Waals surface area contributed by atoms with Crippen LogP contribution in [0.3, 0.4) is 0 Å². The number of aromatic nitrogens is 1. The highest BCUT2D eigenvalue weighted by Gasteiger charge is 2.34. The highest BCUT2D eigenvalue weighted by atomic mass is 32.2. The zero-order chi connectivity index (χ0) is 22.6. The van der Waals surface area contributed by atoms with Crippen molar-refractivity contribution in [3.05, 3.63) is 87.2 Å². The second kappa shape index (κ2) is 7.83. The van der Waals surface area contributed by atoms with E-state index in [0.29, 0.717) is 37.5 Å². The second-order valence-corrected chi connectivity index (χ2v) is 11.4. The largest absolute Gasteiger partial charge is 0.358 e. The van der Waals surface area contributed by atoms with Gasteiger partial charge in [-0.25, -0.2) is 8.42 Å². The van der Waals surface area contributed by atoms with Gasteiger partial charge in [0.2, 0.25) is 10.0 Å². The number of aromatic amines is 1. The number of para-hydroxylation sites is 1. The summed E-state index contributed by atoms with van der Waals surface area (Å²) in [6.07, 6.45) is 1.41. The van der Waals surface area contributed by atoms with Gasteiger partial charge in [0.05, 0.1) is 0 Å². The highest BCUT2D eigenvalue weighted by molar-refractivity contribution is 7.89. The molecule has 0 unspecified atom stereocenters. The first-order valence-electron chi connectivity index (χ1n) is 11.0. The van der Waals surface area contributed by atoms with Gasteiger partial charge in [0, 0.05) is 54.8 Å². The van der Waals surface area contributed by atoms with E-state index in [-0.39, 0.29) is 10.8 Å². The molecule has 1 amide bonds. The summed E-state index contributed by atoms with van der Waals surface area (Å²) >= 11 is 1.21. The van der Waals surface area contributed by atoms with Crippen LogP contribution in [0.2, 0.25) is 0 Å². The number of amides is 1. The minimum atomic E-state index is -3.77. The number of sulfonamides is 1. The summed E-state index contributed by atoms with van der Waals surface area (Å²) in [4.78, 5) is 19.2. The molecule has 0 radical (unpaired) electrons. The molecule has 0 aliphatic carbocycles. The number of carbonyl (C=O) groups excluding carboxylic acids is 1. The van der Waals surface area contributed by atoms with Crippen molar-refractivity contribution in [1.82, 2.24) is 14.2 Å². The van der Waals surface area contributed by atoms with Crippen LogP contribution in [0.4, 0.5) is 0 Å². The average molecular weight is 478 g/mol. The van der Waals surface area contributed by atoms with Crippen LogP contribution >= 0.6 is 11.3 Å². The van der Waals surface area contributed by atoms with Gasteiger partial charge in [0.15, 0.2) is 0 Å². The predicted molar refractivity (Wildman–Crippen MR) is 129 cm³/mol. The summed E-state index contributed by atoms with van der Waals surface area (Å²) in [6.45, 7) is 1.80. The van der Waals surface area contributed by atoms with Crippen LogP contribution in [0.1, 0.15) is 32.1 Å². The Labute approximate surface area is 196 Å². The number of benzene rings is 2. The van der Waals surface area contributed by atoms with Crippen molar-refractivity contribution in [2.75, 3.05) is 13.1 Å². The Kier molecular flexibility index (Phi) is 4.90. The Balaban J connectivity index is 1.29. The van der Waals surface area contributed by atoms with Gasteiger partial charge in [-0.3, -0.25) is 4.79 Å². The topological polar surface area (TPSA) is 73.5 Å². The molecule has 2 aromatic heterocycles. The van der Waals surface area contributed by atoms with Crippen LogP contribution in [0.5, 0.6) is 0 Å². The first-order valence-corrected chi connectivity index (χ1v) is 13.4. The second-order valence-electron chi connectivity index (χ2n) is 8.58. The van der Waals surface area contributed by atoms with E-state index in [2.05, 4.69) is 11.1 Å². The molecular weight excluding hydrogens is 454 g/mol. The number of fused-ring (bicyclic) bond motifs is 4. The van der Waals surface area contributed by atoms with E-state index in [1.165, 1.54) is 21.2 Å². The van der Waals surface area contributed by atoms with E-state index in [1.54, 1.807) is 16.3 Å². The molecule has 33 heavy (non-hydrogen) atoms. The van der Waals surface area contributed by atoms with E-state index < -0.39 is 10.0 Å². The van der Waals surface area contributed by atoms with Crippen molar-refractivity contribution < 1.29 is 13.2 Å². The number of rotatable bonds is 3. The normalized spacial score (nSPS) is 16.5. The quantitative estimate of drug-likeness (QED) is 0.481. The molecule has 0 atom stereocenters. The molecule has 2 aromatic carbocycles. The maximum absolute atomic E-state index is 13.6. The maximum atomic E-state index is 13.6. The summed E-state index contributed by atoms with van der Waals surface area (Å²) in [6, 6.07) is 17.6. The third kappa shape index (κ3) is 3.40. The zero-order valence-electron chi connectivity index (χ0n) is 18.0. The summed E-state index contributed by atoms with van der Waals surface area (Å²) in [5.74, 6) is -0.211. The zero-order valence-corrected chi connectivity index (χ0v) is 19.6. The lowest BCUT2D eigenvalue weighted by molar-refractivity contribution is 0.0736. The van der Waals surface area contributed by atoms with Gasteiger partial charge in [0.25, 0.3) is 5.91 Å². The lowest BCUT2D eigenvalue weighted by Crippen LogP contribution is -2.38. The molecule has 6 rings (SSSR count). The number of thiophene rings is 1. The Morgan fingerprint density at radius 2 is 1.70 bits per heavy atom. The van der Waals surface area contributed by atoms with Crippen LogP contribution < -0.4 is 0 Å². The van der Waals surface area contributed by atoms with E-state index in [0.717, 1.165) is 34.1 Å². The number of hydrogen-bond donors (Lipinski definition) is 1. The number of carbonyl (C=O) groups is 1. The van der Waals surface area contributed by atoms with E-state index >= 15 is 0 Å². The van der Waals surface area contributed by atoms with Crippen molar-refractivity contribution in [2.45, 2.75) is 30.8 Å². The van der Waals surface area contributed by atoms with Gasteiger partial charge in [-0.1, -0.05) is 42.5 Å². The summed E-state index contributed by atoms with van der Waals surface area (Å²) in [7, 11) is -3.77. The molecule has 2 aliphatic heterocycles. The summed E-state index contributed by atoms with van der Waals surface area (Å²) in [5, 5.41) is 2.83. The molecule has 0 saturated carbocycles. The molecule has 4 aromatic rings. The van der Waals surface area contributed by atoms with Crippen molar-refractivity contribution in [3.8, 4) is 0 Å². The lowest BCUT2D eigenvalue weighted by Gasteiger charge is -2.29. The van der Waals surface area contributed by atoms with Crippen molar-refractivity contribution in [3.63, 3.8) is 0 Å². The van der Waals surface area contributed by atoms with E-state index in [1.807, 2.05) is 42.5 Å². The van der Waals surface area contributed by atoms with Crippen LogP contribution in [-0.2, 0) is 36.0 Å². The number of nitrogens with one attached hydrogen (secondary N) is 1. The van der Waals surface area contributed by atoms with Crippen molar-refractivity contribution in [1.29, 1.82) is 0 Å². The smallest absolute Gasteiger partial charge is 0.265 e. The van der Waals surface area contributed by atoms with Gasteiger partial charge >= 0.3 is 0 Å². The maximum Gasteiger partial charge on any atom is 0.265 e. The van der Waals surface area contributed by atoms with E-state index in [9.17, 15) is 13.2 Å². The third-order valence-electron chi connectivity index (χ3n) is 6.71. The van der Waals surface area contributed by atoms with Gasteiger partial charge in [0.1, 0.15) is 9.77 Å². The van der Waals surface area contributed by atoms with Gasteiger partial charge < -0.3 is 9.88 Å². The van der Waals surface area contributed by atoms with Crippen LogP contribution in [-0.4, -0.2) is 41.6 Å². The molecule has 4 heterocycles. The van der Waals surface area contributed by atoms with Gasteiger partial charge in [-0.15, -0.1) is 11.3 Å². The summed E-state index contributed by atoms with van der Waals surface area (Å²) < 4.78 is 28.6. The number of hydrogen-bond acceptors (Lipinski definition) is 4. The Morgan fingerprint density at radius 3 is 2.58 bits per heavy atom. The Bertz CT molecular complexity index is 1490. The van der Waals surface area contributed by atoms with Crippen LogP contribution in [0.25, 0.3) is 10.9 Å². The highest BCUT2D eigenvalue weighted by Crippen LogP contribution is 2.33. The lowest BCUT2D eigenvalue weighted by atomic mass is 10.0. The molecular formula is C25H23N3O3S2. The molecule has 6 nitrogen and oxygen atoms in total. The molecule has 8 heteroatoms. The number of nitrogens with zero attached hydrogens (tertiary/aromatic N) is 2. The molecule has 0 fully saturated rings. The molecule has 0 bridgehead atoms. The monoisotopic (exact) mass is 477 g/mol. The molecule has 168 valence electrons. The molecule has 2 aliphatic rings. The molecule has 0 saturated heterocycles. The van der Waals surface area contributed by atoms with Crippen LogP contribution in [0.15, 0.2) is 64.9 Å². The Hall–Kier alpha value is -2.94. The fraction of sp³-hybridized carbons (Fsp3) is 0.240. The Morgan fingerprint density at radius 1 is 0.909 bits per heavy atom. The minimum absolute atomic E-state index is 0.126. The first kappa shape index (κ1) is 20.7.